The lowest BCUT2D eigenvalue weighted by atomic mass is 10.2. The lowest BCUT2D eigenvalue weighted by Gasteiger charge is -2.25. The highest BCUT2D eigenvalue weighted by molar-refractivity contribution is 7.92. The number of sulfonamides is 1. The fourth-order valence-electron chi connectivity index (χ4n) is 2.51. The van der Waals surface area contributed by atoms with Gasteiger partial charge in [-0.25, -0.2) is 8.42 Å². The van der Waals surface area contributed by atoms with Gasteiger partial charge in [-0.1, -0.05) is 6.92 Å². The predicted molar refractivity (Wildman–Crippen MR) is 96.8 cm³/mol. The van der Waals surface area contributed by atoms with E-state index in [2.05, 4.69) is 5.32 Å². The normalized spacial score (nSPS) is 14.7. The van der Waals surface area contributed by atoms with Gasteiger partial charge in [0.2, 0.25) is 15.9 Å². The molecule has 1 unspecified atom stereocenters. The molecular formula is C17H26N2O5S. The van der Waals surface area contributed by atoms with Crippen molar-refractivity contribution in [3.63, 3.8) is 0 Å². The zero-order chi connectivity index (χ0) is 18.4. The predicted octanol–water partition coefficient (Wildman–Crippen LogP) is 1.92. The molecule has 0 saturated heterocycles. The molecule has 1 aromatic carbocycles. The molecule has 0 aliphatic carbocycles. The first-order valence-corrected chi connectivity index (χ1v) is 10.3. The summed E-state index contributed by atoms with van der Waals surface area (Å²) < 4.78 is 36.6. The molecule has 0 bridgehead atoms. The fourth-order valence-corrected chi connectivity index (χ4v) is 3.46. The quantitative estimate of drug-likeness (QED) is 0.756. The molecule has 7 nitrogen and oxygen atoms in total. The van der Waals surface area contributed by atoms with Gasteiger partial charge in [0.05, 0.1) is 11.9 Å². The molecule has 0 fully saturated rings. The summed E-state index contributed by atoms with van der Waals surface area (Å²) in [6.07, 6.45) is 2.73. The lowest BCUT2D eigenvalue weighted by molar-refractivity contribution is -0.121. The van der Waals surface area contributed by atoms with Gasteiger partial charge in [0, 0.05) is 25.1 Å². The minimum absolute atomic E-state index is 0.0648. The zero-order valence-corrected chi connectivity index (χ0v) is 15.8. The van der Waals surface area contributed by atoms with E-state index in [1.54, 1.807) is 18.2 Å². The molecule has 2 rings (SSSR count). The molecule has 1 heterocycles. The molecular weight excluding hydrogens is 344 g/mol. The van der Waals surface area contributed by atoms with Crippen molar-refractivity contribution in [3.8, 4) is 11.5 Å². The summed E-state index contributed by atoms with van der Waals surface area (Å²) in [5.41, 5.74) is 0.508. The second kappa shape index (κ2) is 8.42. The van der Waals surface area contributed by atoms with Crippen LogP contribution in [0.5, 0.6) is 11.5 Å². The summed E-state index contributed by atoms with van der Waals surface area (Å²) in [4.78, 5) is 11.9. The van der Waals surface area contributed by atoms with Crippen LogP contribution in [0.4, 0.5) is 5.69 Å². The van der Waals surface area contributed by atoms with Gasteiger partial charge in [0.25, 0.3) is 0 Å². The van der Waals surface area contributed by atoms with Crippen molar-refractivity contribution in [3.05, 3.63) is 18.2 Å². The maximum atomic E-state index is 12.2. The zero-order valence-electron chi connectivity index (χ0n) is 14.9. The van der Waals surface area contributed by atoms with Gasteiger partial charge in [-0.15, -0.1) is 0 Å². The number of nitrogens with zero attached hydrogens (tertiary/aromatic N) is 1. The molecule has 1 aliphatic heterocycles. The first-order valence-electron chi connectivity index (χ1n) is 8.48. The van der Waals surface area contributed by atoms with Crippen molar-refractivity contribution in [1.82, 2.24) is 5.32 Å². The topological polar surface area (TPSA) is 84.9 Å². The summed E-state index contributed by atoms with van der Waals surface area (Å²) >= 11 is 0. The molecule has 0 saturated carbocycles. The van der Waals surface area contributed by atoms with Crippen LogP contribution in [-0.4, -0.2) is 46.4 Å². The number of carbonyl (C=O) groups excluding carboxylic acids is 1. The Morgan fingerprint density at radius 1 is 1.28 bits per heavy atom. The Morgan fingerprint density at radius 3 is 2.60 bits per heavy atom. The standard InChI is InChI=1S/C17H26N2O5S/c1-4-13(2)18-17(20)6-5-9-19(25(3,21)22)14-7-8-15-16(12-14)24-11-10-23-15/h7-8,12-13H,4-6,9-11H2,1-3H3,(H,18,20). The van der Waals surface area contributed by atoms with Gasteiger partial charge in [-0.3, -0.25) is 9.10 Å². The van der Waals surface area contributed by atoms with Crippen LogP contribution in [0.2, 0.25) is 0 Å². The van der Waals surface area contributed by atoms with Crippen LogP contribution in [-0.2, 0) is 14.8 Å². The first kappa shape index (κ1) is 19.4. The lowest BCUT2D eigenvalue weighted by Crippen LogP contribution is -2.34. The van der Waals surface area contributed by atoms with Gasteiger partial charge >= 0.3 is 0 Å². The van der Waals surface area contributed by atoms with Crippen LogP contribution >= 0.6 is 0 Å². The van der Waals surface area contributed by atoms with E-state index in [0.29, 0.717) is 36.8 Å². The molecule has 1 amide bonds. The van der Waals surface area contributed by atoms with Crippen LogP contribution in [0.25, 0.3) is 0 Å². The maximum Gasteiger partial charge on any atom is 0.232 e. The molecule has 8 heteroatoms. The molecule has 140 valence electrons. The Hall–Kier alpha value is -1.96. The van der Waals surface area contributed by atoms with Crippen molar-refractivity contribution >= 4 is 21.6 Å². The summed E-state index contributed by atoms with van der Waals surface area (Å²) in [5, 5.41) is 2.88. The number of fused-ring (bicyclic) bond motifs is 1. The number of benzene rings is 1. The minimum atomic E-state index is -3.46. The number of amides is 1. The second-order valence-corrected chi connectivity index (χ2v) is 8.05. The van der Waals surface area contributed by atoms with Crippen LogP contribution in [0.1, 0.15) is 33.1 Å². The Balaban J connectivity index is 2.04. The van der Waals surface area contributed by atoms with E-state index in [-0.39, 0.29) is 24.9 Å². The van der Waals surface area contributed by atoms with Gasteiger partial charge < -0.3 is 14.8 Å². The monoisotopic (exact) mass is 370 g/mol. The van der Waals surface area contributed by atoms with Crippen molar-refractivity contribution in [2.75, 3.05) is 30.3 Å². The molecule has 1 aliphatic rings. The van der Waals surface area contributed by atoms with Gasteiger partial charge in [-0.05, 0) is 31.9 Å². The highest BCUT2D eigenvalue weighted by atomic mass is 32.2. The van der Waals surface area contributed by atoms with E-state index in [9.17, 15) is 13.2 Å². The molecule has 1 atom stereocenters. The number of ether oxygens (including phenoxy) is 2. The van der Waals surface area contributed by atoms with E-state index in [4.69, 9.17) is 9.47 Å². The minimum Gasteiger partial charge on any atom is -0.486 e. The van der Waals surface area contributed by atoms with Gasteiger partial charge in [-0.2, -0.15) is 0 Å². The Kier molecular flexibility index (Phi) is 6.52. The Bertz CT molecular complexity index is 705. The highest BCUT2D eigenvalue weighted by Crippen LogP contribution is 2.34. The third-order valence-electron chi connectivity index (χ3n) is 4.00. The number of nitrogens with one attached hydrogen (secondary N) is 1. The molecule has 0 aromatic heterocycles. The number of hydrogen-bond donors (Lipinski definition) is 1. The SMILES string of the molecule is CCC(C)NC(=O)CCCN(c1ccc2c(c1)OCCO2)S(C)(=O)=O. The number of rotatable bonds is 8. The highest BCUT2D eigenvalue weighted by Gasteiger charge is 2.21. The van der Waals surface area contributed by atoms with Crippen LogP contribution in [0.15, 0.2) is 18.2 Å². The second-order valence-electron chi connectivity index (χ2n) is 6.14. The number of hydrogen-bond acceptors (Lipinski definition) is 5. The molecule has 25 heavy (non-hydrogen) atoms. The van der Waals surface area contributed by atoms with Crippen molar-refractivity contribution in [2.24, 2.45) is 0 Å². The van der Waals surface area contributed by atoms with Crippen LogP contribution < -0.4 is 19.1 Å². The Labute approximate surface area is 149 Å². The number of carbonyl (C=O) groups is 1. The summed E-state index contributed by atoms with van der Waals surface area (Å²) in [7, 11) is -3.46. The summed E-state index contributed by atoms with van der Waals surface area (Å²) in [6, 6.07) is 5.18. The third kappa shape index (κ3) is 5.52. The average Bonchev–Trinajstić information content (AvgIpc) is 2.57. The average molecular weight is 370 g/mol. The van der Waals surface area contributed by atoms with E-state index in [1.165, 1.54) is 4.31 Å². The van der Waals surface area contributed by atoms with Crippen molar-refractivity contribution in [1.29, 1.82) is 0 Å². The first-order chi connectivity index (χ1) is 11.8. The summed E-state index contributed by atoms with van der Waals surface area (Å²) in [5.74, 6) is 1.08. The Morgan fingerprint density at radius 2 is 1.96 bits per heavy atom. The van der Waals surface area contributed by atoms with Gasteiger partial charge in [0.1, 0.15) is 13.2 Å². The van der Waals surface area contributed by atoms with E-state index in [0.717, 1.165) is 12.7 Å². The molecule has 1 N–H and O–H groups in total. The van der Waals surface area contributed by atoms with Crippen molar-refractivity contribution in [2.45, 2.75) is 39.2 Å². The van der Waals surface area contributed by atoms with E-state index in [1.807, 2.05) is 13.8 Å². The maximum absolute atomic E-state index is 12.2. The number of anilines is 1. The van der Waals surface area contributed by atoms with Crippen LogP contribution in [0.3, 0.4) is 0 Å². The summed E-state index contributed by atoms with van der Waals surface area (Å²) in [6.45, 7) is 5.08. The van der Waals surface area contributed by atoms with Crippen molar-refractivity contribution < 1.29 is 22.7 Å². The van der Waals surface area contributed by atoms with E-state index < -0.39 is 10.0 Å². The molecule has 0 spiro atoms. The van der Waals surface area contributed by atoms with Gasteiger partial charge in [0.15, 0.2) is 11.5 Å². The van der Waals surface area contributed by atoms with E-state index >= 15 is 0 Å². The largest absolute Gasteiger partial charge is 0.486 e. The smallest absolute Gasteiger partial charge is 0.232 e. The fraction of sp³-hybridized carbons (Fsp3) is 0.588. The third-order valence-corrected chi connectivity index (χ3v) is 5.19. The van der Waals surface area contributed by atoms with Crippen LogP contribution in [0, 0.1) is 0 Å². The molecule has 1 aromatic rings. The molecule has 0 radical (unpaired) electrons.